The fourth-order valence-electron chi connectivity index (χ4n) is 3.82. The molecule has 4 heterocycles. The SMILES string of the molecule is COCCOc1ccc(-c2noc(C3CCCN3C3CCOCC3)n2)cn1. The zero-order chi connectivity index (χ0) is 18.5. The maximum absolute atomic E-state index is 5.62. The summed E-state index contributed by atoms with van der Waals surface area (Å²) < 4.78 is 21.6. The van der Waals surface area contributed by atoms with Crippen molar-refractivity contribution in [2.75, 3.05) is 40.1 Å². The standard InChI is InChI=1S/C19H26N4O4/c1-24-11-12-26-17-5-4-14(13-20-17)18-21-19(27-22-18)16-3-2-8-23(16)15-6-9-25-10-7-15/h4-5,13,15-16H,2-3,6-12H2,1H3. The van der Waals surface area contributed by atoms with E-state index in [9.17, 15) is 0 Å². The second-order valence-electron chi connectivity index (χ2n) is 6.92. The molecule has 2 aromatic rings. The first-order chi connectivity index (χ1) is 13.3. The summed E-state index contributed by atoms with van der Waals surface area (Å²) in [7, 11) is 1.64. The number of aromatic nitrogens is 3. The Hall–Kier alpha value is -2.03. The fourth-order valence-corrected chi connectivity index (χ4v) is 3.82. The summed E-state index contributed by atoms with van der Waals surface area (Å²) in [5, 5.41) is 4.18. The van der Waals surface area contributed by atoms with Crippen LogP contribution in [0.4, 0.5) is 0 Å². The third kappa shape index (κ3) is 4.28. The molecule has 2 fully saturated rings. The van der Waals surface area contributed by atoms with Crippen LogP contribution in [0, 0.1) is 0 Å². The molecule has 0 aliphatic carbocycles. The maximum atomic E-state index is 5.62. The molecular weight excluding hydrogens is 348 g/mol. The monoisotopic (exact) mass is 374 g/mol. The lowest BCUT2D eigenvalue weighted by Gasteiger charge is -2.33. The highest BCUT2D eigenvalue weighted by Gasteiger charge is 2.36. The smallest absolute Gasteiger partial charge is 0.244 e. The van der Waals surface area contributed by atoms with E-state index >= 15 is 0 Å². The van der Waals surface area contributed by atoms with Crippen LogP contribution < -0.4 is 4.74 Å². The van der Waals surface area contributed by atoms with Crippen molar-refractivity contribution >= 4 is 0 Å². The second-order valence-corrected chi connectivity index (χ2v) is 6.92. The molecule has 2 saturated heterocycles. The third-order valence-electron chi connectivity index (χ3n) is 5.21. The largest absolute Gasteiger partial charge is 0.475 e. The van der Waals surface area contributed by atoms with Gasteiger partial charge >= 0.3 is 0 Å². The number of nitrogens with zero attached hydrogens (tertiary/aromatic N) is 4. The number of hydrogen-bond donors (Lipinski definition) is 0. The van der Waals surface area contributed by atoms with E-state index in [1.807, 2.05) is 12.1 Å². The Morgan fingerprint density at radius 3 is 2.85 bits per heavy atom. The van der Waals surface area contributed by atoms with Gasteiger partial charge in [-0.2, -0.15) is 4.98 Å². The molecule has 146 valence electrons. The molecule has 1 atom stereocenters. The van der Waals surface area contributed by atoms with E-state index in [0.29, 0.717) is 36.9 Å². The van der Waals surface area contributed by atoms with Gasteiger partial charge in [-0.15, -0.1) is 0 Å². The molecule has 0 amide bonds. The fraction of sp³-hybridized carbons (Fsp3) is 0.632. The highest BCUT2D eigenvalue weighted by atomic mass is 16.5. The quantitative estimate of drug-likeness (QED) is 0.684. The van der Waals surface area contributed by atoms with Crippen molar-refractivity contribution < 1.29 is 18.7 Å². The lowest BCUT2D eigenvalue weighted by atomic mass is 10.1. The van der Waals surface area contributed by atoms with Gasteiger partial charge in [0.2, 0.25) is 17.6 Å². The highest BCUT2D eigenvalue weighted by molar-refractivity contribution is 5.53. The van der Waals surface area contributed by atoms with E-state index in [1.165, 1.54) is 0 Å². The minimum atomic E-state index is 0.207. The first kappa shape index (κ1) is 18.3. The van der Waals surface area contributed by atoms with Gasteiger partial charge in [-0.3, -0.25) is 4.90 Å². The van der Waals surface area contributed by atoms with Crippen LogP contribution >= 0.6 is 0 Å². The van der Waals surface area contributed by atoms with Crippen LogP contribution in [-0.4, -0.2) is 66.1 Å². The normalized spacial score (nSPS) is 21.6. The molecule has 8 heteroatoms. The van der Waals surface area contributed by atoms with Crippen molar-refractivity contribution in [3.8, 4) is 17.3 Å². The Balaban J connectivity index is 1.43. The van der Waals surface area contributed by atoms with Crippen molar-refractivity contribution in [1.82, 2.24) is 20.0 Å². The minimum absolute atomic E-state index is 0.207. The van der Waals surface area contributed by atoms with E-state index < -0.39 is 0 Å². The number of methoxy groups -OCH3 is 1. The molecule has 8 nitrogen and oxygen atoms in total. The van der Waals surface area contributed by atoms with Gasteiger partial charge in [0.25, 0.3) is 0 Å². The second kappa shape index (κ2) is 8.77. The Bertz CT molecular complexity index is 715. The molecule has 1 unspecified atom stereocenters. The third-order valence-corrected chi connectivity index (χ3v) is 5.21. The Kier molecular flexibility index (Phi) is 5.96. The van der Waals surface area contributed by atoms with E-state index in [-0.39, 0.29) is 6.04 Å². The number of ether oxygens (including phenoxy) is 3. The van der Waals surface area contributed by atoms with Crippen molar-refractivity contribution in [2.45, 2.75) is 37.8 Å². The number of hydrogen-bond acceptors (Lipinski definition) is 8. The first-order valence-electron chi connectivity index (χ1n) is 9.60. The van der Waals surface area contributed by atoms with Gasteiger partial charge in [0, 0.05) is 44.2 Å². The molecule has 0 radical (unpaired) electrons. The van der Waals surface area contributed by atoms with Crippen LogP contribution in [0.15, 0.2) is 22.9 Å². The summed E-state index contributed by atoms with van der Waals surface area (Å²) in [6.45, 7) is 3.77. The molecule has 0 bridgehead atoms. The van der Waals surface area contributed by atoms with Crippen LogP contribution in [-0.2, 0) is 9.47 Å². The van der Waals surface area contributed by atoms with E-state index in [4.69, 9.17) is 18.7 Å². The van der Waals surface area contributed by atoms with E-state index in [1.54, 1.807) is 13.3 Å². The average molecular weight is 374 g/mol. The van der Waals surface area contributed by atoms with Crippen molar-refractivity contribution in [3.05, 3.63) is 24.2 Å². The van der Waals surface area contributed by atoms with Crippen LogP contribution in [0.2, 0.25) is 0 Å². The molecule has 2 aliphatic heterocycles. The molecule has 0 aromatic carbocycles. The summed E-state index contributed by atoms with van der Waals surface area (Å²) in [5.41, 5.74) is 0.819. The predicted molar refractivity (Wildman–Crippen MR) is 97.4 cm³/mol. The van der Waals surface area contributed by atoms with Gasteiger partial charge in [-0.05, 0) is 38.3 Å². The molecule has 2 aromatic heterocycles. The summed E-state index contributed by atoms with van der Waals surface area (Å²) in [6, 6.07) is 4.46. The lowest BCUT2D eigenvalue weighted by Crippen LogP contribution is -2.39. The average Bonchev–Trinajstić information content (AvgIpc) is 3.39. The van der Waals surface area contributed by atoms with Crippen LogP contribution in [0.5, 0.6) is 5.88 Å². The van der Waals surface area contributed by atoms with Gasteiger partial charge in [0.05, 0.1) is 12.6 Å². The van der Waals surface area contributed by atoms with Crippen molar-refractivity contribution in [1.29, 1.82) is 0 Å². The van der Waals surface area contributed by atoms with Gasteiger partial charge in [0.15, 0.2) is 0 Å². The van der Waals surface area contributed by atoms with Gasteiger partial charge < -0.3 is 18.7 Å². The summed E-state index contributed by atoms with van der Waals surface area (Å²) in [6.07, 6.45) is 6.08. The van der Waals surface area contributed by atoms with Crippen LogP contribution in [0.25, 0.3) is 11.4 Å². The van der Waals surface area contributed by atoms with Crippen LogP contribution in [0.1, 0.15) is 37.6 Å². The minimum Gasteiger partial charge on any atom is -0.475 e. The van der Waals surface area contributed by atoms with Crippen molar-refractivity contribution in [2.24, 2.45) is 0 Å². The molecule has 0 spiro atoms. The summed E-state index contributed by atoms with van der Waals surface area (Å²) in [4.78, 5) is 11.5. The Morgan fingerprint density at radius 1 is 1.19 bits per heavy atom. The maximum Gasteiger partial charge on any atom is 0.244 e. The first-order valence-corrected chi connectivity index (χ1v) is 9.60. The Labute approximate surface area is 158 Å². The molecule has 2 aliphatic rings. The molecular formula is C19H26N4O4. The number of likely N-dealkylation sites (tertiary alicyclic amines) is 1. The zero-order valence-electron chi connectivity index (χ0n) is 15.7. The molecule has 27 heavy (non-hydrogen) atoms. The summed E-state index contributed by atoms with van der Waals surface area (Å²) in [5.74, 6) is 1.83. The Morgan fingerprint density at radius 2 is 2.07 bits per heavy atom. The lowest BCUT2D eigenvalue weighted by molar-refractivity contribution is 0.0243. The zero-order valence-corrected chi connectivity index (χ0v) is 15.7. The van der Waals surface area contributed by atoms with Gasteiger partial charge in [-0.25, -0.2) is 4.98 Å². The number of pyridine rings is 1. The highest BCUT2D eigenvalue weighted by Crippen LogP contribution is 2.35. The van der Waals surface area contributed by atoms with E-state index in [2.05, 4.69) is 20.0 Å². The topological polar surface area (TPSA) is 82.7 Å². The van der Waals surface area contributed by atoms with Crippen molar-refractivity contribution in [3.63, 3.8) is 0 Å². The molecule has 0 N–H and O–H groups in total. The molecule has 4 rings (SSSR count). The van der Waals surface area contributed by atoms with Gasteiger partial charge in [-0.1, -0.05) is 5.16 Å². The van der Waals surface area contributed by atoms with E-state index in [0.717, 1.165) is 51.0 Å². The predicted octanol–water partition coefficient (Wildman–Crippen LogP) is 2.47. The number of rotatable bonds is 7. The summed E-state index contributed by atoms with van der Waals surface area (Å²) >= 11 is 0. The van der Waals surface area contributed by atoms with Gasteiger partial charge in [0.1, 0.15) is 6.61 Å². The van der Waals surface area contributed by atoms with Crippen LogP contribution in [0.3, 0.4) is 0 Å². The molecule has 0 saturated carbocycles.